The third kappa shape index (κ3) is 2.59. The minimum Gasteiger partial charge on any atom is -0.481 e. The molecule has 0 aliphatic rings. The molecule has 1 aromatic carbocycles. The van der Waals surface area contributed by atoms with Crippen molar-refractivity contribution in [3.8, 4) is 0 Å². The molecule has 0 bridgehead atoms. The number of benzene rings is 1. The molecule has 0 aromatic heterocycles. The Bertz CT molecular complexity index is 352. The molecule has 0 radical (unpaired) electrons. The largest absolute Gasteiger partial charge is 0.481 e. The molecule has 0 unspecified atom stereocenters. The van der Waals surface area contributed by atoms with Crippen LogP contribution in [0, 0.1) is 0 Å². The molecule has 0 saturated carbocycles. The van der Waals surface area contributed by atoms with Gasteiger partial charge in [0.15, 0.2) is 0 Å². The van der Waals surface area contributed by atoms with Crippen LogP contribution in [0.1, 0.15) is 5.56 Å². The van der Waals surface area contributed by atoms with Crippen LogP contribution in [0.5, 0.6) is 0 Å². The zero-order valence-electron chi connectivity index (χ0n) is 6.35. The molecule has 1 rings (SSSR count). The lowest BCUT2D eigenvalue weighted by atomic mass is 10.1. The maximum absolute atomic E-state index is 10.5. The smallest absolute Gasteiger partial charge is 0.307 e. The van der Waals surface area contributed by atoms with Crippen molar-refractivity contribution >= 4 is 45.1 Å². The molecule has 0 heterocycles. The highest BCUT2D eigenvalue weighted by atomic mass is 79.9. The predicted molar refractivity (Wildman–Crippen MR) is 55.5 cm³/mol. The van der Waals surface area contributed by atoms with Gasteiger partial charge in [-0.05, 0) is 28.1 Å². The SMILES string of the molecule is O=C(O)Cc1c(Cl)ccc(Br)c1Cl. The lowest BCUT2D eigenvalue weighted by molar-refractivity contribution is -0.136. The van der Waals surface area contributed by atoms with Gasteiger partial charge < -0.3 is 5.11 Å². The second-order valence-corrected chi connectivity index (χ2v) is 4.03. The van der Waals surface area contributed by atoms with Gasteiger partial charge in [0.05, 0.1) is 11.4 Å². The van der Waals surface area contributed by atoms with Crippen molar-refractivity contribution in [2.75, 3.05) is 0 Å². The van der Waals surface area contributed by atoms with Gasteiger partial charge in [0.1, 0.15) is 0 Å². The Labute approximate surface area is 93.6 Å². The van der Waals surface area contributed by atoms with Gasteiger partial charge >= 0.3 is 5.97 Å². The van der Waals surface area contributed by atoms with Gasteiger partial charge in [-0.1, -0.05) is 23.2 Å². The molecule has 2 nitrogen and oxygen atoms in total. The third-order valence-corrected chi connectivity index (χ3v) is 3.14. The maximum atomic E-state index is 10.5. The summed E-state index contributed by atoms with van der Waals surface area (Å²) in [6, 6.07) is 3.28. The Kier molecular flexibility index (Phi) is 3.59. The molecule has 0 saturated heterocycles. The lowest BCUT2D eigenvalue weighted by Crippen LogP contribution is -2.01. The van der Waals surface area contributed by atoms with Gasteiger partial charge in [0.2, 0.25) is 0 Å². The monoisotopic (exact) mass is 282 g/mol. The quantitative estimate of drug-likeness (QED) is 0.845. The first kappa shape index (κ1) is 10.8. The summed E-state index contributed by atoms with van der Waals surface area (Å²) in [5, 5.41) is 9.30. The Balaban J connectivity index is 3.17. The van der Waals surface area contributed by atoms with Crippen LogP contribution < -0.4 is 0 Å². The van der Waals surface area contributed by atoms with Crippen LogP contribution in [0.2, 0.25) is 10.0 Å². The maximum Gasteiger partial charge on any atom is 0.307 e. The van der Waals surface area contributed by atoms with Gasteiger partial charge in [-0.3, -0.25) is 4.79 Å². The first-order valence-corrected chi connectivity index (χ1v) is 4.91. The number of carboxylic acid groups (broad SMARTS) is 1. The van der Waals surface area contributed by atoms with E-state index in [4.69, 9.17) is 28.3 Å². The number of hydrogen-bond acceptors (Lipinski definition) is 1. The summed E-state index contributed by atoms with van der Waals surface area (Å²) >= 11 is 14.8. The van der Waals surface area contributed by atoms with Crippen LogP contribution in [0.15, 0.2) is 16.6 Å². The summed E-state index contributed by atoms with van der Waals surface area (Å²) in [4.78, 5) is 10.5. The molecule has 1 aromatic rings. The fraction of sp³-hybridized carbons (Fsp3) is 0.125. The number of hydrogen-bond donors (Lipinski definition) is 1. The van der Waals surface area contributed by atoms with Crippen LogP contribution in [0.25, 0.3) is 0 Å². The van der Waals surface area contributed by atoms with E-state index in [9.17, 15) is 4.79 Å². The Morgan fingerprint density at radius 1 is 1.46 bits per heavy atom. The van der Waals surface area contributed by atoms with Gasteiger partial charge in [0.25, 0.3) is 0 Å². The Morgan fingerprint density at radius 2 is 2.08 bits per heavy atom. The van der Waals surface area contributed by atoms with E-state index in [-0.39, 0.29) is 6.42 Å². The molecule has 0 atom stereocenters. The third-order valence-electron chi connectivity index (χ3n) is 1.47. The first-order chi connectivity index (χ1) is 6.02. The Hall–Kier alpha value is -0.250. The number of carbonyl (C=O) groups is 1. The highest BCUT2D eigenvalue weighted by molar-refractivity contribution is 9.10. The molecule has 0 aliphatic heterocycles. The summed E-state index contributed by atoms with van der Waals surface area (Å²) in [6.07, 6.45) is -0.170. The van der Waals surface area contributed by atoms with Crippen molar-refractivity contribution in [2.45, 2.75) is 6.42 Å². The van der Waals surface area contributed by atoms with Crippen LogP contribution in [-0.4, -0.2) is 11.1 Å². The molecular formula is C8H5BrCl2O2. The average molecular weight is 284 g/mol. The van der Waals surface area contributed by atoms with Crippen LogP contribution >= 0.6 is 39.1 Å². The van der Waals surface area contributed by atoms with Gasteiger partial charge in [0, 0.05) is 15.1 Å². The zero-order chi connectivity index (χ0) is 10.0. The molecule has 5 heteroatoms. The normalized spacial score (nSPS) is 10.1. The number of halogens is 3. The minimum atomic E-state index is -0.957. The highest BCUT2D eigenvalue weighted by Crippen LogP contribution is 2.31. The summed E-state index contributed by atoms with van der Waals surface area (Å²) in [5.41, 5.74) is 0.435. The number of carboxylic acids is 1. The minimum absolute atomic E-state index is 0.170. The van der Waals surface area contributed by atoms with E-state index in [0.29, 0.717) is 20.1 Å². The number of rotatable bonds is 2. The lowest BCUT2D eigenvalue weighted by Gasteiger charge is -2.05. The van der Waals surface area contributed by atoms with Crippen molar-refractivity contribution in [3.05, 3.63) is 32.2 Å². The summed E-state index contributed by atoms with van der Waals surface area (Å²) in [5.74, 6) is -0.957. The van der Waals surface area contributed by atoms with Crippen molar-refractivity contribution in [1.82, 2.24) is 0 Å². The van der Waals surface area contributed by atoms with Crippen LogP contribution in [-0.2, 0) is 11.2 Å². The molecular weight excluding hydrogens is 279 g/mol. The molecule has 0 spiro atoms. The second-order valence-electron chi connectivity index (χ2n) is 2.39. The average Bonchev–Trinajstić information content (AvgIpc) is 2.05. The standard InChI is InChI=1S/C8H5BrCl2O2/c9-5-1-2-6(10)4(8(5)11)3-7(12)13/h1-2H,3H2,(H,12,13). The van der Waals surface area contributed by atoms with Crippen molar-refractivity contribution < 1.29 is 9.90 Å². The number of aliphatic carboxylic acids is 1. The van der Waals surface area contributed by atoms with Gasteiger partial charge in [-0.15, -0.1) is 0 Å². The van der Waals surface area contributed by atoms with Crippen molar-refractivity contribution in [3.63, 3.8) is 0 Å². The van der Waals surface area contributed by atoms with E-state index in [1.54, 1.807) is 12.1 Å². The van der Waals surface area contributed by atoms with E-state index in [0.717, 1.165) is 0 Å². The molecule has 13 heavy (non-hydrogen) atoms. The van der Waals surface area contributed by atoms with E-state index >= 15 is 0 Å². The Morgan fingerprint density at radius 3 is 2.62 bits per heavy atom. The van der Waals surface area contributed by atoms with E-state index in [1.807, 2.05) is 0 Å². The van der Waals surface area contributed by atoms with E-state index < -0.39 is 5.97 Å². The molecule has 1 N–H and O–H groups in total. The van der Waals surface area contributed by atoms with Crippen molar-refractivity contribution in [1.29, 1.82) is 0 Å². The van der Waals surface area contributed by atoms with Gasteiger partial charge in [-0.2, -0.15) is 0 Å². The molecule has 70 valence electrons. The topological polar surface area (TPSA) is 37.3 Å². The molecule has 0 aliphatic carbocycles. The molecule has 0 amide bonds. The van der Waals surface area contributed by atoms with Crippen LogP contribution in [0.4, 0.5) is 0 Å². The van der Waals surface area contributed by atoms with Crippen molar-refractivity contribution in [2.24, 2.45) is 0 Å². The van der Waals surface area contributed by atoms with Gasteiger partial charge in [-0.25, -0.2) is 0 Å². The first-order valence-electron chi connectivity index (χ1n) is 3.36. The summed E-state index contributed by atoms with van der Waals surface area (Å²) in [6.45, 7) is 0. The molecule has 0 fully saturated rings. The van der Waals surface area contributed by atoms with E-state index in [2.05, 4.69) is 15.9 Å². The highest BCUT2D eigenvalue weighted by Gasteiger charge is 2.12. The predicted octanol–water partition coefficient (Wildman–Crippen LogP) is 3.38. The van der Waals surface area contributed by atoms with Crippen LogP contribution in [0.3, 0.4) is 0 Å². The fourth-order valence-corrected chi connectivity index (χ4v) is 1.76. The summed E-state index contributed by atoms with van der Waals surface area (Å²) in [7, 11) is 0. The summed E-state index contributed by atoms with van der Waals surface area (Å²) < 4.78 is 0.648. The van der Waals surface area contributed by atoms with E-state index in [1.165, 1.54) is 0 Å². The zero-order valence-corrected chi connectivity index (χ0v) is 9.45. The second kappa shape index (κ2) is 4.31. The fourth-order valence-electron chi connectivity index (χ4n) is 0.882.